The normalized spacial score (nSPS) is 21.3. The Morgan fingerprint density at radius 3 is 2.44 bits per heavy atom. The summed E-state index contributed by atoms with van der Waals surface area (Å²) in [5.41, 5.74) is 4.38. The lowest BCUT2D eigenvalue weighted by Crippen LogP contribution is -2.37. The molecule has 1 saturated carbocycles. The molecule has 210 valence electrons. The molecule has 3 heterocycles. The van der Waals surface area contributed by atoms with E-state index in [1.165, 1.54) is 11.1 Å². The first-order chi connectivity index (χ1) is 19.0. The second kappa shape index (κ2) is 12.5. The van der Waals surface area contributed by atoms with Gasteiger partial charge < -0.3 is 19.9 Å². The Labute approximate surface area is 233 Å². The predicted molar refractivity (Wildman–Crippen MR) is 157 cm³/mol. The Balaban J connectivity index is 1.34. The number of carbonyl (C=O) groups excluding carboxylic acids is 1. The summed E-state index contributed by atoms with van der Waals surface area (Å²) in [6.45, 7) is 8.07. The number of piperidine rings is 1. The van der Waals surface area contributed by atoms with Crippen molar-refractivity contribution in [1.29, 1.82) is 0 Å². The highest BCUT2D eigenvalue weighted by Crippen LogP contribution is 2.38. The van der Waals surface area contributed by atoms with E-state index in [4.69, 9.17) is 9.97 Å². The highest BCUT2D eigenvalue weighted by molar-refractivity contribution is 5.94. The number of aromatic nitrogens is 3. The van der Waals surface area contributed by atoms with Gasteiger partial charge in [-0.25, -0.2) is 4.98 Å². The molecule has 1 aliphatic heterocycles. The van der Waals surface area contributed by atoms with Crippen molar-refractivity contribution in [3.05, 3.63) is 53.3 Å². The second-order valence-corrected chi connectivity index (χ2v) is 11.7. The van der Waals surface area contributed by atoms with E-state index in [-0.39, 0.29) is 12.0 Å². The van der Waals surface area contributed by atoms with Crippen LogP contribution in [0, 0.1) is 0 Å². The molecule has 39 heavy (non-hydrogen) atoms. The van der Waals surface area contributed by atoms with Crippen LogP contribution < -0.4 is 5.32 Å². The molecule has 1 amide bonds. The van der Waals surface area contributed by atoms with Crippen molar-refractivity contribution in [2.24, 2.45) is 0 Å². The minimum absolute atomic E-state index is 0.139. The number of aliphatic hydroxyl groups excluding tert-OH is 1. The van der Waals surface area contributed by atoms with Gasteiger partial charge in [0.05, 0.1) is 6.10 Å². The van der Waals surface area contributed by atoms with Crippen molar-refractivity contribution in [2.75, 3.05) is 18.4 Å². The number of anilines is 1. The number of nitrogens with zero attached hydrogens (tertiary/aromatic N) is 4. The third kappa shape index (κ3) is 6.29. The molecule has 1 saturated heterocycles. The van der Waals surface area contributed by atoms with E-state index >= 15 is 0 Å². The number of likely N-dealkylation sites (tertiary alicyclic amines) is 1. The molecule has 2 aliphatic rings. The van der Waals surface area contributed by atoms with Crippen molar-refractivity contribution in [3.63, 3.8) is 0 Å². The van der Waals surface area contributed by atoms with Gasteiger partial charge in [0.15, 0.2) is 0 Å². The first kappa shape index (κ1) is 27.6. The Morgan fingerprint density at radius 1 is 1.05 bits per heavy atom. The maximum Gasteiger partial charge on any atom is 0.253 e. The Bertz CT molecular complexity index is 1240. The molecule has 0 radical (unpaired) electrons. The van der Waals surface area contributed by atoms with Gasteiger partial charge in [0.2, 0.25) is 5.95 Å². The first-order valence-electron chi connectivity index (χ1n) is 15.2. The molecule has 2 fully saturated rings. The number of aryl methyl sites for hydroxylation is 1. The van der Waals surface area contributed by atoms with Gasteiger partial charge in [-0.3, -0.25) is 4.79 Å². The van der Waals surface area contributed by atoms with Crippen LogP contribution in [0.4, 0.5) is 5.95 Å². The van der Waals surface area contributed by atoms with Crippen LogP contribution in [0.5, 0.6) is 0 Å². The SMILES string of the molecule is CCCc1ccc(C(=O)N2CCC(c3cn(C4CCC(O)CC4)c4nc(N[C@@H](C)CCC)ncc34)CC2)cc1. The van der Waals surface area contributed by atoms with Crippen molar-refractivity contribution in [2.45, 2.75) is 109 Å². The van der Waals surface area contributed by atoms with E-state index in [2.05, 4.69) is 49.0 Å². The average Bonchev–Trinajstić information content (AvgIpc) is 3.33. The lowest BCUT2D eigenvalue weighted by molar-refractivity contribution is 0.0713. The lowest BCUT2D eigenvalue weighted by Gasteiger charge is -2.32. The van der Waals surface area contributed by atoms with Crippen LogP contribution in [0.2, 0.25) is 0 Å². The number of aliphatic hydroxyl groups is 1. The molecule has 1 aliphatic carbocycles. The van der Waals surface area contributed by atoms with Gasteiger partial charge in [0.1, 0.15) is 5.65 Å². The van der Waals surface area contributed by atoms with Gasteiger partial charge in [-0.05, 0) is 87.5 Å². The summed E-state index contributed by atoms with van der Waals surface area (Å²) in [7, 11) is 0. The summed E-state index contributed by atoms with van der Waals surface area (Å²) in [6, 6.07) is 8.82. The van der Waals surface area contributed by atoms with Crippen LogP contribution in [-0.4, -0.2) is 55.7 Å². The standard InChI is InChI=1S/C32H45N5O2/c1-4-6-22(3)34-32-33-20-28-29(21-37(30(28)35-32)26-12-14-27(38)15-13-26)24-16-18-36(19-17-24)31(39)25-10-8-23(7-5-2)9-11-25/h8-11,20-22,24,26-27,38H,4-7,12-19H2,1-3H3,(H,33,34,35)/t22-,26?,27?/m0/s1. The zero-order valence-electron chi connectivity index (χ0n) is 23.9. The fourth-order valence-corrected chi connectivity index (χ4v) is 6.47. The average molecular weight is 532 g/mol. The number of fused-ring (bicyclic) bond motifs is 1. The molecule has 1 atom stereocenters. The smallest absolute Gasteiger partial charge is 0.253 e. The molecule has 0 bridgehead atoms. The van der Waals surface area contributed by atoms with E-state index in [0.29, 0.717) is 23.9 Å². The number of benzene rings is 1. The van der Waals surface area contributed by atoms with Gasteiger partial charge in [-0.15, -0.1) is 0 Å². The van der Waals surface area contributed by atoms with Gasteiger partial charge in [0.25, 0.3) is 5.91 Å². The minimum atomic E-state index is -0.186. The fraction of sp³-hybridized carbons (Fsp3) is 0.594. The van der Waals surface area contributed by atoms with Crippen molar-refractivity contribution in [1.82, 2.24) is 19.4 Å². The summed E-state index contributed by atoms with van der Waals surface area (Å²) in [6.07, 6.45) is 14.0. The van der Waals surface area contributed by atoms with E-state index < -0.39 is 0 Å². The molecule has 2 N–H and O–H groups in total. The van der Waals surface area contributed by atoms with Crippen molar-refractivity contribution >= 4 is 22.9 Å². The third-order valence-corrected chi connectivity index (χ3v) is 8.72. The molecule has 7 nitrogen and oxygen atoms in total. The largest absolute Gasteiger partial charge is 0.393 e. The first-order valence-corrected chi connectivity index (χ1v) is 15.2. The molecule has 1 aromatic carbocycles. The third-order valence-electron chi connectivity index (χ3n) is 8.72. The summed E-state index contributed by atoms with van der Waals surface area (Å²) >= 11 is 0. The van der Waals surface area contributed by atoms with E-state index in [0.717, 1.165) is 93.9 Å². The molecular formula is C32H45N5O2. The summed E-state index contributed by atoms with van der Waals surface area (Å²) < 4.78 is 2.36. The summed E-state index contributed by atoms with van der Waals surface area (Å²) in [4.78, 5) is 25.0. The monoisotopic (exact) mass is 531 g/mol. The second-order valence-electron chi connectivity index (χ2n) is 11.7. The highest BCUT2D eigenvalue weighted by Gasteiger charge is 2.29. The van der Waals surface area contributed by atoms with Crippen molar-refractivity contribution < 1.29 is 9.90 Å². The molecule has 2 aromatic heterocycles. The number of rotatable bonds is 9. The Morgan fingerprint density at radius 2 is 1.77 bits per heavy atom. The van der Waals surface area contributed by atoms with Crippen LogP contribution >= 0.6 is 0 Å². The van der Waals surface area contributed by atoms with Gasteiger partial charge in [-0.1, -0.05) is 38.8 Å². The molecule has 0 spiro atoms. The number of hydrogen-bond acceptors (Lipinski definition) is 5. The fourth-order valence-electron chi connectivity index (χ4n) is 6.47. The van der Waals surface area contributed by atoms with Crippen molar-refractivity contribution in [3.8, 4) is 0 Å². The van der Waals surface area contributed by atoms with E-state index in [1.807, 2.05) is 23.2 Å². The Hall–Kier alpha value is -2.93. The Kier molecular flexibility index (Phi) is 8.85. The predicted octanol–water partition coefficient (Wildman–Crippen LogP) is 6.48. The van der Waals surface area contributed by atoms with Gasteiger partial charge >= 0.3 is 0 Å². The zero-order chi connectivity index (χ0) is 27.4. The number of carbonyl (C=O) groups is 1. The lowest BCUT2D eigenvalue weighted by atomic mass is 9.89. The van der Waals surface area contributed by atoms with E-state index in [1.54, 1.807) is 0 Å². The maximum atomic E-state index is 13.2. The molecule has 5 rings (SSSR count). The van der Waals surface area contributed by atoms with Crippen LogP contribution in [0.25, 0.3) is 11.0 Å². The molecule has 7 heteroatoms. The van der Waals surface area contributed by atoms with Gasteiger partial charge in [-0.2, -0.15) is 4.98 Å². The van der Waals surface area contributed by atoms with Crippen LogP contribution in [0.1, 0.15) is 112 Å². The number of hydrogen-bond donors (Lipinski definition) is 2. The van der Waals surface area contributed by atoms with Crippen LogP contribution in [0.3, 0.4) is 0 Å². The van der Waals surface area contributed by atoms with E-state index in [9.17, 15) is 9.90 Å². The quantitative estimate of drug-likeness (QED) is 0.330. The molecule has 0 unspecified atom stereocenters. The summed E-state index contributed by atoms with van der Waals surface area (Å²) in [5.74, 6) is 1.20. The summed E-state index contributed by atoms with van der Waals surface area (Å²) in [5, 5.41) is 14.7. The molecular weight excluding hydrogens is 486 g/mol. The number of amides is 1. The zero-order valence-corrected chi connectivity index (χ0v) is 23.9. The van der Waals surface area contributed by atoms with Crippen LogP contribution in [0.15, 0.2) is 36.7 Å². The molecule has 3 aromatic rings. The topological polar surface area (TPSA) is 83.3 Å². The minimum Gasteiger partial charge on any atom is -0.393 e. The van der Waals surface area contributed by atoms with Crippen LogP contribution in [-0.2, 0) is 6.42 Å². The van der Waals surface area contributed by atoms with Gasteiger partial charge in [0, 0.05) is 48.5 Å². The highest BCUT2D eigenvalue weighted by atomic mass is 16.3. The maximum absolute atomic E-state index is 13.2. The number of nitrogens with one attached hydrogen (secondary N) is 1.